The summed E-state index contributed by atoms with van der Waals surface area (Å²) in [6, 6.07) is 5.62. The fraction of sp³-hybridized carbons (Fsp3) is 0.533. The van der Waals surface area contributed by atoms with Gasteiger partial charge in [-0.2, -0.15) is 0 Å². The SMILES string of the molecule is CCCOCc1ccc(OCC2CO2)c(C(C)=O)c1. The van der Waals surface area contributed by atoms with Gasteiger partial charge < -0.3 is 14.2 Å². The van der Waals surface area contributed by atoms with Crippen molar-refractivity contribution in [2.24, 2.45) is 0 Å². The molecule has 19 heavy (non-hydrogen) atoms. The predicted octanol–water partition coefficient (Wildman–Crippen LogP) is 2.59. The molecule has 1 fully saturated rings. The van der Waals surface area contributed by atoms with Gasteiger partial charge in [0, 0.05) is 6.61 Å². The topological polar surface area (TPSA) is 48.1 Å². The zero-order chi connectivity index (χ0) is 13.7. The lowest BCUT2D eigenvalue weighted by Gasteiger charge is -2.11. The molecule has 1 aliphatic heterocycles. The highest BCUT2D eigenvalue weighted by atomic mass is 16.6. The van der Waals surface area contributed by atoms with E-state index in [0.29, 0.717) is 24.5 Å². The lowest BCUT2D eigenvalue weighted by Crippen LogP contribution is -2.08. The molecule has 1 unspecified atom stereocenters. The molecule has 0 N–H and O–H groups in total. The third kappa shape index (κ3) is 4.33. The maximum Gasteiger partial charge on any atom is 0.163 e. The number of hydrogen-bond donors (Lipinski definition) is 0. The second-order valence-corrected chi connectivity index (χ2v) is 4.71. The minimum absolute atomic E-state index is 0.00376. The normalized spacial score (nSPS) is 17.3. The Morgan fingerprint density at radius 2 is 2.26 bits per heavy atom. The summed E-state index contributed by atoms with van der Waals surface area (Å²) in [5.41, 5.74) is 1.60. The van der Waals surface area contributed by atoms with Crippen molar-refractivity contribution < 1.29 is 19.0 Å². The van der Waals surface area contributed by atoms with Crippen LogP contribution in [0, 0.1) is 0 Å². The van der Waals surface area contributed by atoms with E-state index >= 15 is 0 Å². The van der Waals surface area contributed by atoms with Crippen LogP contribution in [0.4, 0.5) is 0 Å². The summed E-state index contributed by atoms with van der Waals surface area (Å²) < 4.78 is 16.2. The van der Waals surface area contributed by atoms with Crippen LogP contribution in [0.3, 0.4) is 0 Å². The Morgan fingerprint density at radius 3 is 2.89 bits per heavy atom. The molecule has 0 saturated carbocycles. The number of ether oxygens (including phenoxy) is 3. The third-order valence-electron chi connectivity index (χ3n) is 2.87. The number of carbonyl (C=O) groups excluding carboxylic acids is 1. The first-order valence-electron chi connectivity index (χ1n) is 6.66. The van der Waals surface area contributed by atoms with E-state index in [-0.39, 0.29) is 11.9 Å². The molecule has 0 amide bonds. The Bertz CT molecular complexity index is 438. The molecule has 1 aliphatic rings. The Hall–Kier alpha value is -1.39. The summed E-state index contributed by atoms with van der Waals surface area (Å²) in [6.45, 7) is 6.13. The molecule has 4 nitrogen and oxygen atoms in total. The zero-order valence-corrected chi connectivity index (χ0v) is 11.5. The molecule has 1 aromatic carbocycles. The van der Waals surface area contributed by atoms with Gasteiger partial charge in [-0.15, -0.1) is 0 Å². The molecule has 0 aromatic heterocycles. The monoisotopic (exact) mass is 264 g/mol. The highest BCUT2D eigenvalue weighted by Gasteiger charge is 2.23. The van der Waals surface area contributed by atoms with Gasteiger partial charge in [0.05, 0.1) is 18.8 Å². The van der Waals surface area contributed by atoms with E-state index in [0.717, 1.165) is 25.2 Å². The molecular weight excluding hydrogens is 244 g/mol. The van der Waals surface area contributed by atoms with Crippen LogP contribution < -0.4 is 4.74 Å². The fourth-order valence-electron chi connectivity index (χ4n) is 1.75. The van der Waals surface area contributed by atoms with Gasteiger partial charge in [0.15, 0.2) is 5.78 Å². The van der Waals surface area contributed by atoms with Crippen LogP contribution >= 0.6 is 0 Å². The molecule has 104 valence electrons. The largest absolute Gasteiger partial charge is 0.490 e. The first-order valence-corrected chi connectivity index (χ1v) is 6.66. The minimum atomic E-state index is 0.00376. The molecule has 1 saturated heterocycles. The van der Waals surface area contributed by atoms with Crippen LogP contribution in [-0.2, 0) is 16.1 Å². The first kappa shape index (κ1) is 14.0. The van der Waals surface area contributed by atoms with Crippen molar-refractivity contribution in [3.8, 4) is 5.75 Å². The van der Waals surface area contributed by atoms with Crippen molar-refractivity contribution in [2.45, 2.75) is 33.0 Å². The van der Waals surface area contributed by atoms with Crippen molar-refractivity contribution in [1.29, 1.82) is 0 Å². The third-order valence-corrected chi connectivity index (χ3v) is 2.87. The molecule has 1 heterocycles. The van der Waals surface area contributed by atoms with E-state index in [9.17, 15) is 4.79 Å². The molecule has 4 heteroatoms. The van der Waals surface area contributed by atoms with Gasteiger partial charge in [-0.3, -0.25) is 4.79 Å². The summed E-state index contributed by atoms with van der Waals surface area (Å²) in [5.74, 6) is 0.631. The average molecular weight is 264 g/mol. The summed E-state index contributed by atoms with van der Waals surface area (Å²) >= 11 is 0. The van der Waals surface area contributed by atoms with E-state index in [4.69, 9.17) is 14.2 Å². The second kappa shape index (κ2) is 6.68. The van der Waals surface area contributed by atoms with Crippen LogP contribution in [0.1, 0.15) is 36.2 Å². The minimum Gasteiger partial charge on any atom is -0.490 e. The Labute approximate surface area is 113 Å². The maximum absolute atomic E-state index is 11.7. The summed E-state index contributed by atoms with van der Waals surface area (Å²) in [7, 11) is 0. The van der Waals surface area contributed by atoms with Crippen molar-refractivity contribution >= 4 is 5.78 Å². The van der Waals surface area contributed by atoms with E-state index in [2.05, 4.69) is 6.92 Å². The Morgan fingerprint density at radius 1 is 1.47 bits per heavy atom. The van der Waals surface area contributed by atoms with E-state index in [1.54, 1.807) is 6.92 Å². The highest BCUT2D eigenvalue weighted by molar-refractivity contribution is 5.97. The van der Waals surface area contributed by atoms with Gasteiger partial charge in [-0.25, -0.2) is 0 Å². The Balaban J connectivity index is 2.02. The maximum atomic E-state index is 11.7. The fourth-order valence-corrected chi connectivity index (χ4v) is 1.75. The number of Topliss-reactive ketones (excluding diaryl/α,β-unsaturated/α-hetero) is 1. The number of benzene rings is 1. The number of ketones is 1. The van der Waals surface area contributed by atoms with Crippen molar-refractivity contribution in [2.75, 3.05) is 19.8 Å². The second-order valence-electron chi connectivity index (χ2n) is 4.71. The van der Waals surface area contributed by atoms with Crippen LogP contribution in [-0.4, -0.2) is 31.7 Å². The highest BCUT2D eigenvalue weighted by Crippen LogP contribution is 2.23. The van der Waals surface area contributed by atoms with E-state index < -0.39 is 0 Å². The van der Waals surface area contributed by atoms with Gasteiger partial charge in [-0.1, -0.05) is 13.0 Å². The number of epoxide rings is 1. The first-order chi connectivity index (χ1) is 9.20. The molecule has 0 aliphatic carbocycles. The quantitative estimate of drug-likeness (QED) is 0.411. The van der Waals surface area contributed by atoms with Crippen LogP contribution in [0.5, 0.6) is 5.75 Å². The van der Waals surface area contributed by atoms with Gasteiger partial charge >= 0.3 is 0 Å². The number of hydrogen-bond acceptors (Lipinski definition) is 4. The predicted molar refractivity (Wildman–Crippen MR) is 71.6 cm³/mol. The van der Waals surface area contributed by atoms with E-state index in [1.807, 2.05) is 18.2 Å². The Kier molecular flexibility index (Phi) is 4.93. The van der Waals surface area contributed by atoms with Gasteiger partial charge in [0.25, 0.3) is 0 Å². The number of rotatable bonds is 8. The lowest BCUT2D eigenvalue weighted by atomic mass is 10.1. The van der Waals surface area contributed by atoms with E-state index in [1.165, 1.54) is 0 Å². The van der Waals surface area contributed by atoms with Gasteiger partial charge in [0.2, 0.25) is 0 Å². The molecular formula is C15H20O4. The van der Waals surface area contributed by atoms with Crippen molar-refractivity contribution in [3.63, 3.8) is 0 Å². The van der Waals surface area contributed by atoms with Crippen LogP contribution in [0.15, 0.2) is 18.2 Å². The van der Waals surface area contributed by atoms with Crippen molar-refractivity contribution in [1.82, 2.24) is 0 Å². The van der Waals surface area contributed by atoms with Crippen LogP contribution in [0.25, 0.3) is 0 Å². The summed E-state index contributed by atoms with van der Waals surface area (Å²) in [4.78, 5) is 11.7. The summed E-state index contributed by atoms with van der Waals surface area (Å²) in [6.07, 6.45) is 1.18. The smallest absolute Gasteiger partial charge is 0.163 e. The molecule has 0 bridgehead atoms. The number of carbonyl (C=O) groups is 1. The zero-order valence-electron chi connectivity index (χ0n) is 11.5. The molecule has 1 atom stereocenters. The van der Waals surface area contributed by atoms with Crippen LogP contribution in [0.2, 0.25) is 0 Å². The summed E-state index contributed by atoms with van der Waals surface area (Å²) in [5, 5.41) is 0. The molecule has 0 radical (unpaired) electrons. The van der Waals surface area contributed by atoms with Gasteiger partial charge in [0.1, 0.15) is 18.5 Å². The molecule has 1 aromatic rings. The lowest BCUT2D eigenvalue weighted by molar-refractivity contribution is 0.101. The average Bonchev–Trinajstić information content (AvgIpc) is 3.21. The van der Waals surface area contributed by atoms with Gasteiger partial charge in [-0.05, 0) is 31.0 Å². The standard InChI is InChI=1S/C15H20O4/c1-3-6-17-8-12-4-5-15(14(7-12)11(2)16)19-10-13-9-18-13/h4-5,7,13H,3,6,8-10H2,1-2H3. The molecule has 0 spiro atoms. The van der Waals surface area contributed by atoms with Crippen molar-refractivity contribution in [3.05, 3.63) is 29.3 Å². The molecule has 2 rings (SSSR count).